The Morgan fingerprint density at radius 3 is 2.83 bits per heavy atom. The number of aromatic nitrogens is 2. The van der Waals surface area contributed by atoms with Crippen LogP contribution in [-0.2, 0) is 0 Å². The second-order valence-electron chi connectivity index (χ2n) is 8.79. The molecule has 8 nitrogen and oxygen atoms in total. The number of H-pyrrole nitrogens is 1. The van der Waals surface area contributed by atoms with Gasteiger partial charge >= 0.3 is 6.03 Å². The molecule has 4 heterocycles. The minimum Gasteiger partial charge on any atom is -0.378 e. The van der Waals surface area contributed by atoms with Crippen LogP contribution in [0.1, 0.15) is 6.42 Å². The molecular formula is C26H24FN7O. The highest BCUT2D eigenvalue weighted by molar-refractivity contribution is 5.94. The number of carbonyl (C=O) groups is 1. The van der Waals surface area contributed by atoms with Gasteiger partial charge in [-0.25, -0.2) is 14.2 Å². The number of aliphatic imine (C=N–C) groups is 1. The van der Waals surface area contributed by atoms with Gasteiger partial charge in [0.1, 0.15) is 11.7 Å². The fraction of sp³-hybridized carbons (Fsp3) is 0.192. The minimum atomic E-state index is -0.331. The zero-order valence-corrected chi connectivity index (χ0v) is 18.8. The molecule has 2 atom stereocenters. The van der Waals surface area contributed by atoms with Crippen molar-refractivity contribution in [3.8, 4) is 0 Å². The van der Waals surface area contributed by atoms with Gasteiger partial charge in [-0.3, -0.25) is 5.10 Å². The lowest BCUT2D eigenvalue weighted by atomic mass is 9.96. The Labute approximate surface area is 201 Å². The third-order valence-electron chi connectivity index (χ3n) is 6.53. The van der Waals surface area contributed by atoms with Crippen molar-refractivity contribution in [1.82, 2.24) is 20.4 Å². The van der Waals surface area contributed by atoms with Crippen molar-refractivity contribution in [2.24, 2.45) is 10.9 Å². The Morgan fingerprint density at radius 2 is 2.00 bits per heavy atom. The average Bonchev–Trinajstić information content (AvgIpc) is 3.53. The van der Waals surface area contributed by atoms with Crippen molar-refractivity contribution in [1.29, 1.82) is 0 Å². The summed E-state index contributed by atoms with van der Waals surface area (Å²) in [4.78, 5) is 18.9. The molecule has 2 aromatic carbocycles. The van der Waals surface area contributed by atoms with Gasteiger partial charge in [-0.1, -0.05) is 6.08 Å². The maximum absolute atomic E-state index is 13.1. The normalized spacial score (nSPS) is 21.1. The van der Waals surface area contributed by atoms with Gasteiger partial charge in [0.25, 0.3) is 0 Å². The van der Waals surface area contributed by atoms with Gasteiger partial charge in [0.05, 0.1) is 23.7 Å². The summed E-state index contributed by atoms with van der Waals surface area (Å²) in [5.74, 6) is 0.681. The summed E-state index contributed by atoms with van der Waals surface area (Å²) in [6, 6.07) is 11.8. The molecular weight excluding hydrogens is 445 g/mol. The Kier molecular flexibility index (Phi) is 5.29. The van der Waals surface area contributed by atoms with Crippen LogP contribution in [-0.4, -0.2) is 46.1 Å². The highest BCUT2D eigenvalue weighted by atomic mass is 19.1. The van der Waals surface area contributed by atoms with Gasteiger partial charge in [-0.05, 0) is 66.6 Å². The van der Waals surface area contributed by atoms with Gasteiger partial charge in [0, 0.05) is 41.7 Å². The van der Waals surface area contributed by atoms with Crippen molar-refractivity contribution >= 4 is 34.1 Å². The SMILES string of the molecule is O=C(Nc1ccc(F)cc1)N1CC=C(C2=CC3C(=NC=CC3Nc3ccc4[nH]ncc4c3)N2)CC1. The van der Waals surface area contributed by atoms with E-state index in [2.05, 4.69) is 55.4 Å². The summed E-state index contributed by atoms with van der Waals surface area (Å²) >= 11 is 0. The topological polar surface area (TPSA) is 97.4 Å². The first-order valence-corrected chi connectivity index (χ1v) is 11.6. The number of hydrogen-bond acceptors (Lipinski definition) is 5. The lowest BCUT2D eigenvalue weighted by Gasteiger charge is -2.27. The van der Waals surface area contributed by atoms with Crippen molar-refractivity contribution in [2.75, 3.05) is 23.7 Å². The predicted octanol–water partition coefficient (Wildman–Crippen LogP) is 4.38. The van der Waals surface area contributed by atoms with Gasteiger partial charge in [-0.2, -0.15) is 5.10 Å². The molecule has 4 N–H and O–H groups in total. The smallest absolute Gasteiger partial charge is 0.322 e. The third kappa shape index (κ3) is 4.28. The molecule has 0 spiro atoms. The Hall–Kier alpha value is -4.40. The summed E-state index contributed by atoms with van der Waals surface area (Å²) in [7, 11) is 0. The Balaban J connectivity index is 1.12. The van der Waals surface area contributed by atoms with Crippen LogP contribution >= 0.6 is 0 Å². The van der Waals surface area contributed by atoms with Crippen LogP contribution in [0, 0.1) is 11.7 Å². The average molecular weight is 470 g/mol. The number of carbonyl (C=O) groups excluding carboxylic acids is 1. The molecule has 35 heavy (non-hydrogen) atoms. The third-order valence-corrected chi connectivity index (χ3v) is 6.53. The molecule has 0 bridgehead atoms. The molecule has 0 saturated carbocycles. The lowest BCUT2D eigenvalue weighted by molar-refractivity contribution is 0.215. The molecule has 3 aliphatic rings. The number of amidine groups is 1. The molecule has 2 unspecified atom stereocenters. The summed E-state index contributed by atoms with van der Waals surface area (Å²) in [6.45, 7) is 1.10. The zero-order chi connectivity index (χ0) is 23.8. The van der Waals surface area contributed by atoms with E-state index in [4.69, 9.17) is 0 Å². The van der Waals surface area contributed by atoms with Crippen molar-refractivity contribution in [3.05, 3.63) is 90.2 Å². The number of allylic oxidation sites excluding steroid dienone is 1. The van der Waals surface area contributed by atoms with Gasteiger partial charge in [-0.15, -0.1) is 0 Å². The van der Waals surface area contributed by atoms with Crippen LogP contribution in [0.5, 0.6) is 0 Å². The van der Waals surface area contributed by atoms with E-state index >= 15 is 0 Å². The highest BCUT2D eigenvalue weighted by Crippen LogP contribution is 2.30. The largest absolute Gasteiger partial charge is 0.378 e. The van der Waals surface area contributed by atoms with Gasteiger partial charge < -0.3 is 20.9 Å². The molecule has 1 aromatic heterocycles. The van der Waals surface area contributed by atoms with Crippen LogP contribution in [0.2, 0.25) is 0 Å². The maximum Gasteiger partial charge on any atom is 0.322 e. The van der Waals surface area contributed by atoms with Gasteiger partial charge in [0.2, 0.25) is 0 Å². The van der Waals surface area contributed by atoms with E-state index in [1.807, 2.05) is 24.5 Å². The van der Waals surface area contributed by atoms with Crippen molar-refractivity contribution in [3.63, 3.8) is 0 Å². The van der Waals surface area contributed by atoms with Crippen LogP contribution < -0.4 is 16.0 Å². The summed E-state index contributed by atoms with van der Waals surface area (Å²) in [5, 5.41) is 18.0. The number of urea groups is 1. The molecule has 0 aliphatic carbocycles. The molecule has 176 valence electrons. The molecule has 3 aliphatic heterocycles. The summed E-state index contributed by atoms with van der Waals surface area (Å²) in [6.07, 6.45) is 10.8. The number of hydrogen-bond donors (Lipinski definition) is 4. The molecule has 3 aromatic rings. The first-order chi connectivity index (χ1) is 17.1. The van der Waals surface area contributed by atoms with Gasteiger partial charge in [0.15, 0.2) is 0 Å². The number of anilines is 2. The first kappa shape index (κ1) is 21.2. The first-order valence-electron chi connectivity index (χ1n) is 11.6. The molecule has 0 saturated heterocycles. The number of aromatic amines is 1. The fourth-order valence-corrected chi connectivity index (χ4v) is 4.63. The van der Waals surface area contributed by atoms with E-state index in [9.17, 15) is 9.18 Å². The standard InChI is InChI=1S/C26H24FN7O/c27-18-1-3-19(4-2-18)31-26(35)34-11-8-16(9-12-34)24-14-21-23(7-10-28-25(21)32-24)30-20-5-6-22-17(13-20)15-29-33-22/h1-8,10,13-15,21,23,30H,9,11-12H2,(H,28,32)(H,29,33)(H,31,35). The van der Waals surface area contributed by atoms with Crippen LogP contribution in [0.15, 0.2) is 89.4 Å². The number of nitrogens with one attached hydrogen (secondary N) is 4. The quantitative estimate of drug-likeness (QED) is 0.456. The van der Waals surface area contributed by atoms with E-state index in [1.54, 1.807) is 17.0 Å². The zero-order valence-electron chi connectivity index (χ0n) is 18.8. The lowest BCUT2D eigenvalue weighted by Crippen LogP contribution is -2.39. The molecule has 6 rings (SSSR count). The van der Waals surface area contributed by atoms with E-state index in [1.165, 1.54) is 17.7 Å². The second-order valence-corrected chi connectivity index (χ2v) is 8.79. The monoisotopic (exact) mass is 469 g/mol. The van der Waals surface area contributed by atoms with Crippen LogP contribution in [0.4, 0.5) is 20.6 Å². The number of amides is 2. The molecule has 9 heteroatoms. The van der Waals surface area contributed by atoms with Crippen molar-refractivity contribution in [2.45, 2.75) is 12.5 Å². The van der Waals surface area contributed by atoms with Crippen LogP contribution in [0.3, 0.4) is 0 Å². The Bertz CT molecular complexity index is 1400. The predicted molar refractivity (Wildman–Crippen MR) is 134 cm³/mol. The number of benzene rings is 2. The number of fused-ring (bicyclic) bond motifs is 2. The minimum absolute atomic E-state index is 0.0685. The van der Waals surface area contributed by atoms with Crippen LogP contribution in [0.25, 0.3) is 10.9 Å². The highest BCUT2D eigenvalue weighted by Gasteiger charge is 2.32. The fourth-order valence-electron chi connectivity index (χ4n) is 4.63. The molecule has 0 fully saturated rings. The number of halogens is 1. The van der Waals surface area contributed by atoms with Crippen molar-refractivity contribution < 1.29 is 9.18 Å². The number of nitrogens with zero attached hydrogens (tertiary/aromatic N) is 3. The Morgan fingerprint density at radius 1 is 1.14 bits per heavy atom. The maximum atomic E-state index is 13.1. The molecule has 2 amide bonds. The second kappa shape index (κ2) is 8.75. The van der Waals surface area contributed by atoms with E-state index in [0.717, 1.165) is 34.5 Å². The van der Waals surface area contributed by atoms with E-state index in [-0.39, 0.29) is 23.8 Å². The summed E-state index contributed by atoms with van der Waals surface area (Å²) in [5.41, 5.74) is 4.83. The number of rotatable bonds is 4. The van der Waals surface area contributed by atoms with E-state index < -0.39 is 0 Å². The molecule has 0 radical (unpaired) electrons. The van der Waals surface area contributed by atoms with E-state index in [0.29, 0.717) is 18.8 Å². The summed E-state index contributed by atoms with van der Waals surface area (Å²) < 4.78 is 13.1.